The molecule has 28 heavy (non-hydrogen) atoms. The zero-order valence-corrected chi connectivity index (χ0v) is 16.6. The van der Waals surface area contributed by atoms with Crippen LogP contribution in [0.25, 0.3) is 10.8 Å². The summed E-state index contributed by atoms with van der Waals surface area (Å²) in [5.41, 5.74) is 1.80. The van der Waals surface area contributed by atoms with Gasteiger partial charge in [-0.25, -0.2) is 0 Å². The third kappa shape index (κ3) is 4.97. The molecule has 4 heteroatoms. The largest absolute Gasteiger partial charge is 0.347 e. The summed E-state index contributed by atoms with van der Waals surface area (Å²) in [7, 11) is 0. The molecule has 0 aliphatic carbocycles. The Morgan fingerprint density at radius 2 is 1.54 bits per heavy atom. The van der Waals surface area contributed by atoms with E-state index in [2.05, 4.69) is 34.9 Å². The summed E-state index contributed by atoms with van der Waals surface area (Å²) in [6, 6.07) is 21.4. The topological polar surface area (TPSA) is 58.2 Å². The van der Waals surface area contributed by atoms with Gasteiger partial charge in [-0.3, -0.25) is 9.59 Å². The lowest BCUT2D eigenvalue weighted by Crippen LogP contribution is -2.40. The van der Waals surface area contributed by atoms with Crippen molar-refractivity contribution in [1.82, 2.24) is 5.32 Å². The number of hydrogen-bond donors (Lipinski definition) is 2. The number of para-hydroxylation sites is 1. The van der Waals surface area contributed by atoms with E-state index in [4.69, 9.17) is 0 Å². The number of aryl methyl sites for hydroxylation is 1. The molecule has 0 aromatic heterocycles. The van der Waals surface area contributed by atoms with Gasteiger partial charge in [-0.2, -0.15) is 0 Å². The maximum atomic E-state index is 12.5. The van der Waals surface area contributed by atoms with Gasteiger partial charge in [-0.15, -0.1) is 0 Å². The van der Waals surface area contributed by atoms with Crippen molar-refractivity contribution in [2.24, 2.45) is 0 Å². The van der Waals surface area contributed by atoms with Gasteiger partial charge >= 0.3 is 0 Å². The van der Waals surface area contributed by atoms with Crippen molar-refractivity contribution >= 4 is 28.3 Å². The number of hydrogen-bond acceptors (Lipinski definition) is 2. The smallest absolute Gasteiger partial charge is 0.253 e. The summed E-state index contributed by atoms with van der Waals surface area (Å²) in [5.74, 6) is -0.304. The van der Waals surface area contributed by atoms with Crippen molar-refractivity contribution in [3.05, 3.63) is 77.9 Å². The van der Waals surface area contributed by atoms with Gasteiger partial charge in [0.2, 0.25) is 5.91 Å². The monoisotopic (exact) mass is 374 g/mol. The standard InChI is InChI=1S/C24H26N2O2/c1-24(2,3)26-23(28)20-13-6-7-14-21(20)25-22(27)16-15-18-11-8-10-17-9-4-5-12-19(17)18/h4-14H,15-16H2,1-3H3,(H,25,27)(H,26,28). The van der Waals surface area contributed by atoms with Crippen LogP contribution in [0.4, 0.5) is 5.69 Å². The number of nitrogens with one attached hydrogen (secondary N) is 2. The molecule has 0 bridgehead atoms. The van der Waals surface area contributed by atoms with Crippen LogP contribution in [0.3, 0.4) is 0 Å². The fourth-order valence-corrected chi connectivity index (χ4v) is 3.17. The summed E-state index contributed by atoms with van der Waals surface area (Å²) in [6.45, 7) is 5.78. The molecule has 0 heterocycles. The number of anilines is 1. The van der Waals surface area contributed by atoms with E-state index < -0.39 is 0 Å². The molecular formula is C24H26N2O2. The van der Waals surface area contributed by atoms with Gasteiger partial charge < -0.3 is 10.6 Å². The number of amides is 2. The molecule has 4 nitrogen and oxygen atoms in total. The zero-order chi connectivity index (χ0) is 20.1. The molecule has 0 aliphatic heterocycles. The molecule has 0 atom stereocenters. The summed E-state index contributed by atoms with van der Waals surface area (Å²) < 4.78 is 0. The van der Waals surface area contributed by atoms with Crippen molar-refractivity contribution in [2.45, 2.75) is 39.2 Å². The summed E-state index contributed by atoms with van der Waals surface area (Å²) in [5, 5.41) is 8.17. The van der Waals surface area contributed by atoms with Crippen LogP contribution in [0.2, 0.25) is 0 Å². The van der Waals surface area contributed by atoms with Crippen LogP contribution in [0, 0.1) is 0 Å². The van der Waals surface area contributed by atoms with E-state index in [0.29, 0.717) is 24.1 Å². The molecule has 3 rings (SSSR count). The van der Waals surface area contributed by atoms with Crippen LogP contribution in [-0.2, 0) is 11.2 Å². The first-order valence-corrected chi connectivity index (χ1v) is 9.51. The maximum absolute atomic E-state index is 12.5. The van der Waals surface area contributed by atoms with Crippen molar-refractivity contribution in [2.75, 3.05) is 5.32 Å². The highest BCUT2D eigenvalue weighted by Crippen LogP contribution is 2.21. The molecule has 0 unspecified atom stereocenters. The Bertz CT molecular complexity index is 997. The minimum atomic E-state index is -0.345. The summed E-state index contributed by atoms with van der Waals surface area (Å²) in [6.07, 6.45) is 0.993. The second-order valence-corrected chi connectivity index (χ2v) is 7.94. The molecule has 0 saturated heterocycles. The fraction of sp³-hybridized carbons (Fsp3) is 0.250. The Morgan fingerprint density at radius 3 is 2.32 bits per heavy atom. The quantitative estimate of drug-likeness (QED) is 0.664. The van der Waals surface area contributed by atoms with E-state index in [9.17, 15) is 9.59 Å². The van der Waals surface area contributed by atoms with E-state index in [1.807, 2.05) is 45.0 Å². The molecule has 0 aliphatic rings. The first kappa shape index (κ1) is 19.6. The Morgan fingerprint density at radius 1 is 0.857 bits per heavy atom. The molecule has 0 radical (unpaired) electrons. The van der Waals surface area contributed by atoms with Crippen LogP contribution < -0.4 is 10.6 Å². The normalized spacial score (nSPS) is 11.2. The van der Waals surface area contributed by atoms with Crippen molar-refractivity contribution in [3.8, 4) is 0 Å². The third-order valence-corrected chi connectivity index (χ3v) is 4.44. The second kappa shape index (κ2) is 8.26. The minimum absolute atomic E-state index is 0.107. The fourth-order valence-electron chi connectivity index (χ4n) is 3.17. The molecule has 0 spiro atoms. The number of fused-ring (bicyclic) bond motifs is 1. The van der Waals surface area contributed by atoms with E-state index in [-0.39, 0.29) is 17.4 Å². The Kier molecular flexibility index (Phi) is 5.78. The molecule has 2 N–H and O–H groups in total. The van der Waals surface area contributed by atoms with Gasteiger partial charge in [0.15, 0.2) is 0 Å². The maximum Gasteiger partial charge on any atom is 0.253 e. The average molecular weight is 374 g/mol. The third-order valence-electron chi connectivity index (χ3n) is 4.44. The molecule has 3 aromatic rings. The lowest BCUT2D eigenvalue weighted by molar-refractivity contribution is -0.116. The van der Waals surface area contributed by atoms with E-state index >= 15 is 0 Å². The summed E-state index contributed by atoms with van der Waals surface area (Å²) in [4.78, 5) is 25.1. The van der Waals surface area contributed by atoms with Crippen LogP contribution in [-0.4, -0.2) is 17.4 Å². The molecule has 0 fully saturated rings. The highest BCUT2D eigenvalue weighted by atomic mass is 16.2. The number of benzene rings is 3. The second-order valence-electron chi connectivity index (χ2n) is 7.94. The Labute approximate surface area is 166 Å². The van der Waals surface area contributed by atoms with Crippen molar-refractivity contribution in [1.29, 1.82) is 0 Å². The predicted molar refractivity (Wildman–Crippen MR) is 115 cm³/mol. The number of carbonyl (C=O) groups excluding carboxylic acids is 2. The molecule has 144 valence electrons. The molecule has 3 aromatic carbocycles. The van der Waals surface area contributed by atoms with Crippen LogP contribution >= 0.6 is 0 Å². The highest BCUT2D eigenvalue weighted by molar-refractivity contribution is 6.04. The molecule has 0 saturated carbocycles. The minimum Gasteiger partial charge on any atom is -0.347 e. The molecule has 2 amide bonds. The van der Waals surface area contributed by atoms with E-state index in [1.54, 1.807) is 18.2 Å². The van der Waals surface area contributed by atoms with E-state index in [1.165, 1.54) is 10.8 Å². The highest BCUT2D eigenvalue weighted by Gasteiger charge is 2.18. The van der Waals surface area contributed by atoms with Gasteiger partial charge in [0.1, 0.15) is 0 Å². The van der Waals surface area contributed by atoms with Gasteiger partial charge in [0.25, 0.3) is 5.91 Å². The zero-order valence-electron chi connectivity index (χ0n) is 16.6. The van der Waals surface area contributed by atoms with Crippen LogP contribution in [0.5, 0.6) is 0 Å². The Balaban J connectivity index is 1.69. The first-order chi connectivity index (χ1) is 13.3. The Hall–Kier alpha value is -3.14. The predicted octanol–water partition coefficient (Wildman–Crippen LogP) is 4.94. The number of rotatable bonds is 5. The van der Waals surface area contributed by atoms with Crippen LogP contribution in [0.1, 0.15) is 43.1 Å². The van der Waals surface area contributed by atoms with Gasteiger partial charge in [0.05, 0.1) is 11.3 Å². The number of carbonyl (C=O) groups is 2. The van der Waals surface area contributed by atoms with Gasteiger partial charge in [0, 0.05) is 12.0 Å². The van der Waals surface area contributed by atoms with Crippen LogP contribution in [0.15, 0.2) is 66.7 Å². The first-order valence-electron chi connectivity index (χ1n) is 9.51. The average Bonchev–Trinajstić information content (AvgIpc) is 2.65. The SMILES string of the molecule is CC(C)(C)NC(=O)c1ccccc1NC(=O)CCc1cccc2ccccc12. The van der Waals surface area contributed by atoms with Gasteiger partial charge in [-0.1, -0.05) is 54.6 Å². The van der Waals surface area contributed by atoms with Crippen molar-refractivity contribution < 1.29 is 9.59 Å². The lowest BCUT2D eigenvalue weighted by atomic mass is 10.0. The van der Waals surface area contributed by atoms with Crippen molar-refractivity contribution in [3.63, 3.8) is 0 Å². The van der Waals surface area contributed by atoms with Gasteiger partial charge in [-0.05, 0) is 55.7 Å². The summed E-state index contributed by atoms with van der Waals surface area (Å²) >= 11 is 0. The lowest BCUT2D eigenvalue weighted by Gasteiger charge is -2.21. The molecular weight excluding hydrogens is 348 g/mol. The van der Waals surface area contributed by atoms with E-state index in [0.717, 1.165) is 5.56 Å².